The van der Waals surface area contributed by atoms with E-state index in [-0.39, 0.29) is 0 Å². The summed E-state index contributed by atoms with van der Waals surface area (Å²) in [6.45, 7) is 2.06. The number of hydrogen-bond donors (Lipinski definition) is 2. The largest absolute Gasteiger partial charge is 0.390 e. The smallest absolute Gasteiger partial charge is 0.181 e. The zero-order chi connectivity index (χ0) is 12.7. The molecule has 1 saturated carbocycles. The fraction of sp³-hybridized carbons (Fsp3) is 0.500. The van der Waals surface area contributed by atoms with Crippen LogP contribution in [-0.2, 0) is 16.4 Å². The molecule has 0 saturated heterocycles. The van der Waals surface area contributed by atoms with E-state index in [1.807, 2.05) is 0 Å². The SMILES string of the molecule is CC1(O)CC(S(=O)(=O)c2ccc(CN)cc2)C1. The molecule has 3 N–H and O–H groups in total. The van der Waals surface area contributed by atoms with Gasteiger partial charge in [-0.2, -0.15) is 0 Å². The fourth-order valence-electron chi connectivity index (χ4n) is 2.15. The van der Waals surface area contributed by atoms with Crippen LogP contribution in [0.5, 0.6) is 0 Å². The maximum atomic E-state index is 12.2. The Bertz CT molecular complexity index is 497. The molecule has 1 aromatic rings. The van der Waals surface area contributed by atoms with Crippen molar-refractivity contribution in [3.8, 4) is 0 Å². The molecule has 17 heavy (non-hydrogen) atoms. The zero-order valence-corrected chi connectivity index (χ0v) is 10.6. The summed E-state index contributed by atoms with van der Waals surface area (Å²) in [5.41, 5.74) is 5.54. The minimum atomic E-state index is -3.30. The molecule has 1 aliphatic carbocycles. The van der Waals surface area contributed by atoms with Crippen LogP contribution in [-0.4, -0.2) is 24.4 Å². The van der Waals surface area contributed by atoms with Gasteiger partial charge < -0.3 is 10.8 Å². The van der Waals surface area contributed by atoms with Gasteiger partial charge in [-0.15, -0.1) is 0 Å². The predicted molar refractivity (Wildman–Crippen MR) is 65.2 cm³/mol. The van der Waals surface area contributed by atoms with E-state index in [2.05, 4.69) is 0 Å². The maximum absolute atomic E-state index is 12.2. The summed E-state index contributed by atoms with van der Waals surface area (Å²) in [6.07, 6.45) is 0.627. The van der Waals surface area contributed by atoms with Gasteiger partial charge in [-0.3, -0.25) is 0 Å². The molecule has 0 aromatic heterocycles. The Labute approximate surface area is 101 Å². The molecule has 0 spiro atoms. The third-order valence-electron chi connectivity index (χ3n) is 3.26. The lowest BCUT2D eigenvalue weighted by molar-refractivity contribution is -0.0116. The van der Waals surface area contributed by atoms with Crippen molar-refractivity contribution in [3.63, 3.8) is 0 Å². The molecular weight excluding hydrogens is 238 g/mol. The lowest BCUT2D eigenvalue weighted by atomic mass is 9.82. The van der Waals surface area contributed by atoms with Crippen molar-refractivity contribution in [3.05, 3.63) is 29.8 Å². The molecular formula is C12H17NO3S. The molecule has 5 heteroatoms. The fourth-order valence-corrected chi connectivity index (χ4v) is 4.21. The van der Waals surface area contributed by atoms with Gasteiger partial charge in [0.25, 0.3) is 0 Å². The van der Waals surface area contributed by atoms with Crippen LogP contribution in [0, 0.1) is 0 Å². The molecule has 0 atom stereocenters. The molecule has 1 aromatic carbocycles. The van der Waals surface area contributed by atoms with Crippen molar-refractivity contribution in [2.45, 2.75) is 42.1 Å². The van der Waals surface area contributed by atoms with Crippen LogP contribution in [0.4, 0.5) is 0 Å². The van der Waals surface area contributed by atoms with Gasteiger partial charge in [0, 0.05) is 6.54 Å². The van der Waals surface area contributed by atoms with Crippen LogP contribution >= 0.6 is 0 Å². The number of aliphatic hydroxyl groups is 1. The van der Waals surface area contributed by atoms with Crippen molar-refractivity contribution < 1.29 is 13.5 Å². The molecule has 0 radical (unpaired) electrons. The summed E-state index contributed by atoms with van der Waals surface area (Å²) in [5.74, 6) is 0. The van der Waals surface area contributed by atoms with Gasteiger partial charge in [-0.1, -0.05) is 12.1 Å². The minimum Gasteiger partial charge on any atom is -0.390 e. The lowest BCUT2D eigenvalue weighted by Gasteiger charge is -2.40. The maximum Gasteiger partial charge on any atom is 0.181 e. The number of benzene rings is 1. The Hall–Kier alpha value is -0.910. The summed E-state index contributed by atoms with van der Waals surface area (Å²) in [7, 11) is -3.30. The second kappa shape index (κ2) is 4.08. The number of hydrogen-bond acceptors (Lipinski definition) is 4. The third kappa shape index (κ3) is 2.36. The second-order valence-corrected chi connectivity index (χ2v) is 7.15. The van der Waals surface area contributed by atoms with Gasteiger partial charge in [0.1, 0.15) is 0 Å². The van der Waals surface area contributed by atoms with Gasteiger partial charge in [0.15, 0.2) is 9.84 Å². The van der Waals surface area contributed by atoms with E-state index in [1.165, 1.54) is 0 Å². The number of sulfone groups is 1. The summed E-state index contributed by atoms with van der Waals surface area (Å²) >= 11 is 0. The second-order valence-electron chi connectivity index (χ2n) is 4.92. The Morgan fingerprint density at radius 3 is 2.29 bits per heavy atom. The van der Waals surface area contributed by atoms with Gasteiger partial charge >= 0.3 is 0 Å². The van der Waals surface area contributed by atoms with Crippen LogP contribution in [0.25, 0.3) is 0 Å². The lowest BCUT2D eigenvalue weighted by Crippen LogP contribution is -2.48. The molecule has 0 heterocycles. The normalized spacial score (nSPS) is 28.8. The van der Waals surface area contributed by atoms with E-state index in [9.17, 15) is 13.5 Å². The van der Waals surface area contributed by atoms with Crippen LogP contribution < -0.4 is 5.73 Å². The highest BCUT2D eigenvalue weighted by Gasteiger charge is 2.46. The first kappa shape index (κ1) is 12.5. The average molecular weight is 255 g/mol. The summed E-state index contributed by atoms with van der Waals surface area (Å²) < 4.78 is 24.3. The summed E-state index contributed by atoms with van der Waals surface area (Å²) in [6, 6.07) is 6.63. The van der Waals surface area contributed by atoms with Crippen LogP contribution in [0.15, 0.2) is 29.2 Å². The molecule has 0 bridgehead atoms. The van der Waals surface area contributed by atoms with Crippen LogP contribution in [0.3, 0.4) is 0 Å². The number of nitrogens with two attached hydrogens (primary N) is 1. The average Bonchev–Trinajstić information content (AvgIpc) is 2.26. The highest BCUT2D eigenvalue weighted by molar-refractivity contribution is 7.92. The van der Waals surface area contributed by atoms with Gasteiger partial charge in [-0.25, -0.2) is 8.42 Å². The minimum absolute atomic E-state index is 0.313. The van der Waals surface area contributed by atoms with Crippen molar-refractivity contribution >= 4 is 9.84 Å². The van der Waals surface area contributed by atoms with Gasteiger partial charge in [0.2, 0.25) is 0 Å². The molecule has 0 amide bonds. The Balaban J connectivity index is 2.21. The van der Waals surface area contributed by atoms with E-state index >= 15 is 0 Å². The van der Waals surface area contributed by atoms with Crippen molar-refractivity contribution in [1.82, 2.24) is 0 Å². The monoisotopic (exact) mass is 255 g/mol. The van der Waals surface area contributed by atoms with Crippen molar-refractivity contribution in [2.24, 2.45) is 5.73 Å². The molecule has 1 fully saturated rings. The standard InChI is InChI=1S/C12H17NO3S/c1-12(14)6-11(7-12)17(15,16)10-4-2-9(8-13)3-5-10/h2-5,11,14H,6-8,13H2,1H3. The number of rotatable bonds is 3. The van der Waals surface area contributed by atoms with E-state index in [1.54, 1.807) is 31.2 Å². The Morgan fingerprint density at radius 2 is 1.88 bits per heavy atom. The van der Waals surface area contributed by atoms with E-state index in [4.69, 9.17) is 5.73 Å². The first-order valence-corrected chi connectivity index (χ1v) is 7.15. The van der Waals surface area contributed by atoms with Crippen LogP contribution in [0.2, 0.25) is 0 Å². The summed E-state index contributed by atoms with van der Waals surface area (Å²) in [5, 5.41) is 9.14. The first-order chi connectivity index (χ1) is 7.85. The zero-order valence-electron chi connectivity index (χ0n) is 9.76. The molecule has 0 unspecified atom stereocenters. The Kier molecular flexibility index (Phi) is 3.01. The predicted octanol–water partition coefficient (Wildman–Crippen LogP) is 0.832. The molecule has 2 rings (SSSR count). The quantitative estimate of drug-likeness (QED) is 0.838. The van der Waals surface area contributed by atoms with Gasteiger partial charge in [0.05, 0.1) is 15.7 Å². The van der Waals surface area contributed by atoms with Crippen LogP contribution in [0.1, 0.15) is 25.3 Å². The van der Waals surface area contributed by atoms with E-state index in [0.717, 1.165) is 5.56 Å². The van der Waals surface area contributed by atoms with Crippen molar-refractivity contribution in [2.75, 3.05) is 0 Å². The first-order valence-electron chi connectivity index (χ1n) is 5.60. The molecule has 1 aliphatic rings. The topological polar surface area (TPSA) is 80.4 Å². The van der Waals surface area contributed by atoms with E-state index in [0.29, 0.717) is 24.3 Å². The van der Waals surface area contributed by atoms with Gasteiger partial charge in [-0.05, 0) is 37.5 Å². The third-order valence-corrected chi connectivity index (χ3v) is 5.40. The molecule has 94 valence electrons. The molecule has 0 aliphatic heterocycles. The highest BCUT2D eigenvalue weighted by atomic mass is 32.2. The van der Waals surface area contributed by atoms with Crippen molar-refractivity contribution in [1.29, 1.82) is 0 Å². The van der Waals surface area contributed by atoms with E-state index < -0.39 is 20.7 Å². The highest BCUT2D eigenvalue weighted by Crippen LogP contribution is 2.38. The summed E-state index contributed by atoms with van der Waals surface area (Å²) in [4.78, 5) is 0.315. The molecule has 4 nitrogen and oxygen atoms in total. The Morgan fingerprint density at radius 1 is 1.35 bits per heavy atom.